The number of nitrogens with zero attached hydrogens (tertiary/aromatic N) is 6. The molecule has 3 unspecified atom stereocenters. The molecule has 1 aromatic carbocycles. The Bertz CT molecular complexity index is 2320. The number of hydrogen-bond donors (Lipinski definition) is 3. The molecule has 0 radical (unpaired) electrons. The van der Waals surface area contributed by atoms with Crippen LogP contribution in [-0.4, -0.2) is 64.9 Å². The number of carboxylic acids is 1. The molecule has 3 N–H and O–H groups in total. The van der Waals surface area contributed by atoms with Gasteiger partial charge in [0.15, 0.2) is 16.6 Å². The summed E-state index contributed by atoms with van der Waals surface area (Å²) in [6.45, 7) is 11.0. The molecule has 5 aliphatic rings. The maximum Gasteiger partial charge on any atom is 0.355 e. The fourth-order valence-electron chi connectivity index (χ4n) is 12.8. The first-order valence-electron chi connectivity index (χ1n) is 21.9. The van der Waals surface area contributed by atoms with Gasteiger partial charge in [-0.05, 0) is 143 Å². The van der Waals surface area contributed by atoms with Gasteiger partial charge in [-0.1, -0.05) is 56.6 Å². The number of aliphatic hydroxyl groups excluding tert-OH is 1. The van der Waals surface area contributed by atoms with Crippen LogP contribution in [0.15, 0.2) is 42.6 Å². The molecule has 0 amide bonds. The molecule has 5 aromatic rings. The van der Waals surface area contributed by atoms with Crippen molar-refractivity contribution in [1.82, 2.24) is 29.9 Å². The minimum Gasteiger partial charge on any atom is -0.476 e. The van der Waals surface area contributed by atoms with Crippen LogP contribution >= 0.6 is 11.3 Å². The highest BCUT2D eigenvalue weighted by atomic mass is 32.1. The van der Waals surface area contributed by atoms with Crippen molar-refractivity contribution in [3.63, 3.8) is 0 Å². The summed E-state index contributed by atoms with van der Waals surface area (Å²) in [5, 5.41) is 38.2. The van der Waals surface area contributed by atoms with Crippen molar-refractivity contribution in [3.8, 4) is 11.1 Å². The van der Waals surface area contributed by atoms with Gasteiger partial charge in [-0.2, -0.15) is 10.2 Å². The molecular formula is C47H59N7O4S. The van der Waals surface area contributed by atoms with Gasteiger partial charge in [0.1, 0.15) is 0 Å². The number of carboxylic acid groups (broad SMARTS) is 1. The van der Waals surface area contributed by atoms with E-state index in [0.29, 0.717) is 12.0 Å². The Morgan fingerprint density at radius 1 is 0.932 bits per heavy atom. The number of hydrogen-bond acceptors (Lipinski definition) is 10. The average molecular weight is 818 g/mol. The molecule has 4 heterocycles. The molecule has 4 aromatic heterocycles. The third-order valence-corrected chi connectivity index (χ3v) is 15.1. The molecular weight excluding hydrogens is 759 g/mol. The van der Waals surface area contributed by atoms with Gasteiger partial charge in [0.25, 0.3) is 0 Å². The Labute approximate surface area is 351 Å². The van der Waals surface area contributed by atoms with Gasteiger partial charge < -0.3 is 20.3 Å². The van der Waals surface area contributed by atoms with E-state index >= 15 is 0 Å². The summed E-state index contributed by atoms with van der Waals surface area (Å²) in [6.07, 6.45) is 17.6. The number of aliphatic hydroxyl groups is 1. The van der Waals surface area contributed by atoms with E-state index in [0.717, 1.165) is 133 Å². The van der Waals surface area contributed by atoms with Crippen molar-refractivity contribution in [2.75, 3.05) is 18.5 Å². The van der Waals surface area contributed by atoms with Crippen molar-refractivity contribution < 1.29 is 19.7 Å². The van der Waals surface area contributed by atoms with Gasteiger partial charge in [-0.3, -0.25) is 4.68 Å². The zero-order valence-electron chi connectivity index (χ0n) is 35.1. The zero-order valence-corrected chi connectivity index (χ0v) is 36.0. The number of aromatic nitrogens is 6. The van der Waals surface area contributed by atoms with Gasteiger partial charge >= 0.3 is 5.97 Å². The van der Waals surface area contributed by atoms with E-state index in [-0.39, 0.29) is 40.1 Å². The number of ether oxygens (including phenoxy) is 1. The highest BCUT2D eigenvalue weighted by Gasteiger charge is 2.66. The lowest BCUT2D eigenvalue weighted by Gasteiger charge is -2.69. The van der Waals surface area contributed by atoms with Crippen molar-refractivity contribution in [2.24, 2.45) is 16.2 Å². The molecule has 11 nitrogen and oxygen atoms in total. The van der Waals surface area contributed by atoms with E-state index in [9.17, 15) is 9.90 Å². The molecule has 5 aliphatic carbocycles. The summed E-state index contributed by atoms with van der Waals surface area (Å²) in [5.41, 5.74) is 7.93. The topological polar surface area (TPSA) is 148 Å². The highest BCUT2D eigenvalue weighted by molar-refractivity contribution is 7.22. The fourth-order valence-corrected chi connectivity index (χ4v) is 13.7. The summed E-state index contributed by atoms with van der Waals surface area (Å²) in [7, 11) is 0. The van der Waals surface area contributed by atoms with Gasteiger partial charge in [0.2, 0.25) is 0 Å². The average Bonchev–Trinajstić information content (AvgIpc) is 3.76. The van der Waals surface area contributed by atoms with Crippen LogP contribution in [0.1, 0.15) is 142 Å². The Kier molecular flexibility index (Phi) is 10.7. The minimum absolute atomic E-state index is 0.0670. The lowest BCUT2D eigenvalue weighted by atomic mass is 9.39. The van der Waals surface area contributed by atoms with Crippen molar-refractivity contribution >= 4 is 38.5 Å². The van der Waals surface area contributed by atoms with Gasteiger partial charge in [0, 0.05) is 48.2 Å². The molecule has 0 saturated heterocycles. The second-order valence-electron chi connectivity index (χ2n) is 19.5. The molecule has 3 atom stereocenters. The number of anilines is 2. The highest BCUT2D eigenvalue weighted by Crippen LogP contribution is 2.72. The molecule has 10 rings (SSSR count). The summed E-state index contributed by atoms with van der Waals surface area (Å²) in [4.78, 5) is 22.4. The van der Waals surface area contributed by atoms with Crippen molar-refractivity contribution in [3.05, 3.63) is 76.5 Å². The van der Waals surface area contributed by atoms with E-state index in [2.05, 4.69) is 48.9 Å². The largest absolute Gasteiger partial charge is 0.476 e. The molecule has 12 heteroatoms. The monoisotopic (exact) mass is 817 g/mol. The lowest BCUT2D eigenvalue weighted by molar-refractivity contribution is -0.248. The van der Waals surface area contributed by atoms with Gasteiger partial charge in [-0.15, -0.1) is 5.10 Å². The first kappa shape index (κ1) is 40.2. The second kappa shape index (κ2) is 15.6. The number of benzene rings is 1. The van der Waals surface area contributed by atoms with Crippen LogP contribution in [0.3, 0.4) is 0 Å². The van der Waals surface area contributed by atoms with Crippen LogP contribution in [0.25, 0.3) is 21.3 Å². The van der Waals surface area contributed by atoms with Crippen molar-refractivity contribution in [2.45, 2.75) is 142 Å². The Balaban J connectivity index is 0.915. The lowest BCUT2D eigenvalue weighted by Crippen LogP contribution is -2.64. The summed E-state index contributed by atoms with van der Waals surface area (Å²) < 4.78 is 10.2. The van der Waals surface area contributed by atoms with E-state index in [1.807, 2.05) is 36.5 Å². The molecule has 0 spiro atoms. The summed E-state index contributed by atoms with van der Waals surface area (Å²) in [6, 6.07) is 12.0. The molecule has 0 aliphatic heterocycles. The molecule has 59 heavy (non-hydrogen) atoms. The number of unbranched alkanes of at least 4 members (excludes halogenated alkanes) is 4. The smallest absolute Gasteiger partial charge is 0.355 e. The van der Waals surface area contributed by atoms with Gasteiger partial charge in [-0.25, -0.2) is 14.8 Å². The molecule has 312 valence electrons. The van der Waals surface area contributed by atoms with Gasteiger partial charge in [0.05, 0.1) is 27.7 Å². The standard InChI is InChI=1S/C47H59N7O4S/c1-30-34-14-12-13-32(39(34)52-53-41(30)51-43-50-37-15-8-9-16-38(37)59-43)21-33-17-18-35(40(49-33)42(56)57)36-22-48-54(31(36)2)29-46-24-44(3)23-45(4,25-46)27-47(26-44,28-46)58-20-11-7-5-6-10-19-55/h8-9,15-18,22,32,55H,5-7,10-14,19-21,23-29H2,1-4H3,(H,56,57)(H,50,51,53). The van der Waals surface area contributed by atoms with Crippen LogP contribution in [0.5, 0.6) is 0 Å². The number of rotatable bonds is 16. The molecule has 4 bridgehead atoms. The summed E-state index contributed by atoms with van der Waals surface area (Å²) in [5.74, 6) is -0.209. The fraction of sp³-hybridized carbons (Fsp3) is 0.574. The molecule has 4 saturated carbocycles. The number of nitrogens with one attached hydrogen (secondary N) is 1. The van der Waals surface area contributed by atoms with Crippen LogP contribution < -0.4 is 5.32 Å². The SMILES string of the molecule is Cc1c(Nc2nc3ccccc3s2)nnc2c1CCCC2Cc1ccc(-c2cnn(CC34CC5(C)CC(C)(C3)CC(OCCCCCCCO)(C5)C4)c2C)c(C(=O)O)n1. The Hall–Kier alpha value is -4.26. The quantitative estimate of drug-likeness (QED) is 0.0822. The first-order valence-corrected chi connectivity index (χ1v) is 22.7. The van der Waals surface area contributed by atoms with Crippen LogP contribution in [-0.2, 0) is 24.1 Å². The van der Waals surface area contributed by atoms with E-state index in [1.54, 1.807) is 11.3 Å². The van der Waals surface area contributed by atoms with Crippen molar-refractivity contribution in [1.29, 1.82) is 0 Å². The van der Waals surface area contributed by atoms with Crippen LogP contribution in [0.2, 0.25) is 0 Å². The third kappa shape index (κ3) is 7.92. The zero-order chi connectivity index (χ0) is 41.0. The normalized spacial score (nSPS) is 27.0. The predicted octanol–water partition coefficient (Wildman–Crippen LogP) is 10.1. The predicted molar refractivity (Wildman–Crippen MR) is 231 cm³/mol. The Morgan fingerprint density at radius 2 is 1.71 bits per heavy atom. The number of carbonyl (C=O) groups is 1. The number of aromatic carboxylic acids is 1. The number of fused-ring (bicyclic) bond motifs is 2. The maximum absolute atomic E-state index is 12.9. The molecule has 4 fully saturated rings. The van der Waals surface area contributed by atoms with Crippen LogP contribution in [0.4, 0.5) is 10.9 Å². The van der Waals surface area contributed by atoms with E-state index in [1.165, 1.54) is 24.8 Å². The number of para-hydroxylation sites is 1. The number of pyridine rings is 1. The summed E-state index contributed by atoms with van der Waals surface area (Å²) >= 11 is 1.60. The Morgan fingerprint density at radius 3 is 2.49 bits per heavy atom. The minimum atomic E-state index is -1.03. The van der Waals surface area contributed by atoms with E-state index < -0.39 is 5.97 Å². The first-order chi connectivity index (χ1) is 28.4. The second-order valence-corrected chi connectivity index (χ2v) is 20.5. The number of thiazole rings is 1. The third-order valence-electron chi connectivity index (χ3n) is 14.1. The van der Waals surface area contributed by atoms with E-state index in [4.69, 9.17) is 30.0 Å². The van der Waals surface area contributed by atoms with Crippen LogP contribution in [0, 0.1) is 30.1 Å². The maximum atomic E-state index is 12.9.